The molecule has 14 heavy (non-hydrogen) atoms. The second-order valence-electron chi connectivity index (χ2n) is 3.77. The first kappa shape index (κ1) is 12.5. The molecule has 1 N–H and O–H groups in total. The Morgan fingerprint density at radius 2 is 1.71 bits per heavy atom. The summed E-state index contributed by atoms with van der Waals surface area (Å²) < 4.78 is 11.0. The maximum absolute atomic E-state index is 9.23. The van der Waals surface area contributed by atoms with E-state index in [1.165, 1.54) is 0 Å². The summed E-state index contributed by atoms with van der Waals surface area (Å²) in [5, 5.41) is 9.23. The normalized spacial score (nSPS) is 24.9. The van der Waals surface area contributed by atoms with E-state index in [1.54, 1.807) is 0 Å². The van der Waals surface area contributed by atoms with Gasteiger partial charge in [-0.2, -0.15) is 0 Å². The Morgan fingerprint density at radius 1 is 1.21 bits per heavy atom. The first-order chi connectivity index (χ1) is 6.66. The largest absolute Gasteiger partial charge is 0.396 e. The molecule has 1 heterocycles. The summed E-state index contributed by atoms with van der Waals surface area (Å²) in [5.74, 6) is -0.444. The minimum Gasteiger partial charge on any atom is -0.396 e. The van der Waals surface area contributed by atoms with Crippen LogP contribution in [0, 0.1) is 5.41 Å². The molecule has 0 aliphatic carbocycles. The molecule has 84 valence electrons. The smallest absolute Gasteiger partial charge is 0.195 e. The molecule has 0 saturated carbocycles. The summed E-state index contributed by atoms with van der Waals surface area (Å²) in [6, 6.07) is 0. The van der Waals surface area contributed by atoms with Gasteiger partial charge in [-0.15, -0.1) is 23.2 Å². The number of rotatable bonds is 4. The number of hydrogen-bond acceptors (Lipinski definition) is 3. The molecule has 5 heteroatoms. The van der Waals surface area contributed by atoms with Crippen molar-refractivity contribution in [1.29, 1.82) is 0 Å². The van der Waals surface area contributed by atoms with Crippen LogP contribution in [0.25, 0.3) is 0 Å². The molecule has 0 bridgehead atoms. The molecule has 0 spiro atoms. The fourth-order valence-corrected chi connectivity index (χ4v) is 1.84. The standard InChI is InChI=1S/C9H16Cl2O3/c1-2-8(5-12)6-13-9(3-10,4-11)14-7-8/h12H,2-7H2,1H3. The minimum absolute atomic E-state index is 0.0597. The molecule has 1 saturated heterocycles. The van der Waals surface area contributed by atoms with Crippen LogP contribution in [-0.2, 0) is 9.47 Å². The molecule has 0 radical (unpaired) electrons. The molecule has 0 amide bonds. The minimum atomic E-state index is -0.864. The highest BCUT2D eigenvalue weighted by Crippen LogP contribution is 2.33. The SMILES string of the molecule is CCC1(CO)COC(CCl)(CCl)OC1. The van der Waals surface area contributed by atoms with Crippen molar-refractivity contribution in [1.82, 2.24) is 0 Å². The van der Waals surface area contributed by atoms with Crippen LogP contribution in [0.2, 0.25) is 0 Å². The number of alkyl halides is 2. The second kappa shape index (κ2) is 4.99. The van der Waals surface area contributed by atoms with Crippen molar-refractivity contribution in [2.24, 2.45) is 5.41 Å². The van der Waals surface area contributed by atoms with E-state index in [1.807, 2.05) is 6.92 Å². The highest BCUT2D eigenvalue weighted by atomic mass is 35.5. The molecule has 1 fully saturated rings. The first-order valence-electron chi connectivity index (χ1n) is 4.66. The van der Waals surface area contributed by atoms with Crippen LogP contribution in [-0.4, -0.2) is 42.5 Å². The van der Waals surface area contributed by atoms with Gasteiger partial charge in [-0.25, -0.2) is 0 Å². The summed E-state index contributed by atoms with van der Waals surface area (Å²) in [6.07, 6.45) is 0.810. The van der Waals surface area contributed by atoms with Crippen LogP contribution in [0.4, 0.5) is 0 Å². The topological polar surface area (TPSA) is 38.7 Å². The predicted octanol–water partition coefficient (Wildman–Crippen LogP) is 1.60. The van der Waals surface area contributed by atoms with E-state index < -0.39 is 5.79 Å². The zero-order valence-electron chi connectivity index (χ0n) is 8.26. The van der Waals surface area contributed by atoms with Crippen LogP contribution in [0.15, 0.2) is 0 Å². The Hall–Kier alpha value is 0.460. The maximum atomic E-state index is 9.23. The Bertz CT molecular complexity index is 147. The molecule has 0 atom stereocenters. The summed E-state index contributed by atoms with van der Waals surface area (Å²) in [5.41, 5.74) is -0.290. The van der Waals surface area contributed by atoms with Crippen molar-refractivity contribution in [2.45, 2.75) is 19.1 Å². The van der Waals surface area contributed by atoms with E-state index in [2.05, 4.69) is 0 Å². The molecule has 3 nitrogen and oxygen atoms in total. The van der Waals surface area contributed by atoms with Gasteiger partial charge in [-0.05, 0) is 6.42 Å². The van der Waals surface area contributed by atoms with E-state index in [0.29, 0.717) is 13.2 Å². The average Bonchev–Trinajstić information content (AvgIpc) is 2.29. The second-order valence-corrected chi connectivity index (χ2v) is 4.30. The zero-order valence-corrected chi connectivity index (χ0v) is 9.77. The van der Waals surface area contributed by atoms with Gasteiger partial charge in [-0.1, -0.05) is 6.92 Å². The highest BCUT2D eigenvalue weighted by molar-refractivity contribution is 6.21. The summed E-state index contributed by atoms with van der Waals surface area (Å²) in [6.45, 7) is 2.94. The Kier molecular flexibility index (Phi) is 4.47. The first-order valence-corrected chi connectivity index (χ1v) is 5.73. The summed E-state index contributed by atoms with van der Waals surface area (Å²) in [4.78, 5) is 0. The van der Waals surface area contributed by atoms with E-state index in [-0.39, 0.29) is 23.8 Å². The van der Waals surface area contributed by atoms with Gasteiger partial charge in [0.2, 0.25) is 0 Å². The van der Waals surface area contributed by atoms with E-state index >= 15 is 0 Å². The zero-order chi connectivity index (χ0) is 10.7. The summed E-state index contributed by atoms with van der Waals surface area (Å²) in [7, 11) is 0. The van der Waals surface area contributed by atoms with Crippen LogP contribution in [0.3, 0.4) is 0 Å². The molecule has 0 unspecified atom stereocenters. The van der Waals surface area contributed by atoms with Crippen molar-refractivity contribution >= 4 is 23.2 Å². The molecular weight excluding hydrogens is 227 g/mol. The van der Waals surface area contributed by atoms with Crippen LogP contribution >= 0.6 is 23.2 Å². The van der Waals surface area contributed by atoms with Gasteiger partial charge < -0.3 is 14.6 Å². The molecule has 1 aliphatic rings. The maximum Gasteiger partial charge on any atom is 0.195 e. The Labute approximate surface area is 94.3 Å². The van der Waals surface area contributed by atoms with Crippen molar-refractivity contribution < 1.29 is 14.6 Å². The lowest BCUT2D eigenvalue weighted by molar-refractivity contribution is -0.286. The Balaban J connectivity index is 2.59. The Morgan fingerprint density at radius 3 is 2.00 bits per heavy atom. The van der Waals surface area contributed by atoms with E-state index in [4.69, 9.17) is 32.7 Å². The predicted molar refractivity (Wildman–Crippen MR) is 55.9 cm³/mol. The lowest BCUT2D eigenvalue weighted by Gasteiger charge is -2.43. The van der Waals surface area contributed by atoms with Gasteiger partial charge in [0.1, 0.15) is 0 Å². The lowest BCUT2D eigenvalue weighted by atomic mass is 9.87. The average molecular weight is 243 g/mol. The molecular formula is C9H16Cl2O3. The van der Waals surface area contributed by atoms with Gasteiger partial charge >= 0.3 is 0 Å². The van der Waals surface area contributed by atoms with Crippen molar-refractivity contribution in [3.8, 4) is 0 Å². The van der Waals surface area contributed by atoms with Crippen LogP contribution < -0.4 is 0 Å². The van der Waals surface area contributed by atoms with Gasteiger partial charge in [0.05, 0.1) is 31.6 Å². The van der Waals surface area contributed by atoms with E-state index in [0.717, 1.165) is 6.42 Å². The number of halogens is 2. The van der Waals surface area contributed by atoms with Crippen molar-refractivity contribution in [3.63, 3.8) is 0 Å². The summed E-state index contributed by atoms with van der Waals surface area (Å²) >= 11 is 11.4. The molecule has 1 aliphatic heterocycles. The number of aliphatic hydroxyl groups excluding tert-OH is 1. The number of aliphatic hydroxyl groups is 1. The van der Waals surface area contributed by atoms with Gasteiger partial charge in [0.25, 0.3) is 0 Å². The van der Waals surface area contributed by atoms with E-state index in [9.17, 15) is 5.11 Å². The van der Waals surface area contributed by atoms with Crippen LogP contribution in [0.5, 0.6) is 0 Å². The quantitative estimate of drug-likeness (QED) is 0.762. The monoisotopic (exact) mass is 242 g/mol. The fourth-order valence-electron chi connectivity index (χ4n) is 1.25. The van der Waals surface area contributed by atoms with Crippen LogP contribution in [0.1, 0.15) is 13.3 Å². The molecule has 0 aromatic rings. The van der Waals surface area contributed by atoms with Gasteiger partial charge in [0.15, 0.2) is 5.79 Å². The third-order valence-electron chi connectivity index (χ3n) is 2.78. The van der Waals surface area contributed by atoms with Crippen molar-refractivity contribution in [3.05, 3.63) is 0 Å². The lowest BCUT2D eigenvalue weighted by Crippen LogP contribution is -2.53. The van der Waals surface area contributed by atoms with Crippen molar-refractivity contribution in [2.75, 3.05) is 31.6 Å². The third-order valence-corrected chi connectivity index (χ3v) is 3.59. The molecule has 0 aromatic heterocycles. The fraction of sp³-hybridized carbons (Fsp3) is 1.00. The molecule has 1 rings (SSSR count). The number of ether oxygens (including phenoxy) is 2. The van der Waals surface area contributed by atoms with Gasteiger partial charge in [-0.3, -0.25) is 0 Å². The molecule has 0 aromatic carbocycles. The number of hydrogen-bond donors (Lipinski definition) is 1. The highest BCUT2D eigenvalue weighted by Gasteiger charge is 2.42. The third kappa shape index (κ3) is 2.34. The van der Waals surface area contributed by atoms with Gasteiger partial charge in [0, 0.05) is 5.41 Å².